The zero-order chi connectivity index (χ0) is 13.4. The average molecular weight is 257 g/mol. The summed E-state index contributed by atoms with van der Waals surface area (Å²) in [6.45, 7) is 1.83. The first-order valence-electron chi connectivity index (χ1n) is 6.41. The number of carbonyl (C=O) groups is 1. The van der Waals surface area contributed by atoms with Gasteiger partial charge in [-0.1, -0.05) is 18.2 Å². The summed E-state index contributed by atoms with van der Waals surface area (Å²) >= 11 is 0. The molecule has 1 aromatic heterocycles. The molecule has 1 aliphatic carbocycles. The molecule has 0 bridgehead atoms. The highest BCUT2D eigenvalue weighted by atomic mass is 16.2. The number of hydrogen-bond acceptors (Lipinski definition) is 3. The van der Waals surface area contributed by atoms with Crippen molar-refractivity contribution in [2.45, 2.75) is 32.4 Å². The van der Waals surface area contributed by atoms with Gasteiger partial charge in [0, 0.05) is 11.4 Å². The first kappa shape index (κ1) is 11.9. The van der Waals surface area contributed by atoms with Gasteiger partial charge in [-0.2, -0.15) is 5.10 Å². The Morgan fingerprint density at radius 3 is 2.74 bits per heavy atom. The van der Waals surface area contributed by atoms with E-state index in [-0.39, 0.29) is 18.0 Å². The first-order chi connectivity index (χ1) is 9.15. The number of fused-ring (bicyclic) bond motifs is 1. The van der Waals surface area contributed by atoms with Crippen LogP contribution in [0.1, 0.15) is 18.5 Å². The van der Waals surface area contributed by atoms with E-state index in [0.717, 1.165) is 23.9 Å². The van der Waals surface area contributed by atoms with Gasteiger partial charge < -0.3 is 5.32 Å². The molecule has 0 aliphatic heterocycles. The maximum absolute atomic E-state index is 12.2. The molecule has 1 heterocycles. The molecule has 3 rings (SSSR count). The highest BCUT2D eigenvalue weighted by molar-refractivity contribution is 5.83. The number of carbonyl (C=O) groups excluding carboxylic acids is 1. The topological polar surface area (TPSA) is 64.0 Å². The third kappa shape index (κ3) is 2.36. The van der Waals surface area contributed by atoms with E-state index >= 15 is 0 Å². The SMILES string of the molecule is Cc1nn(CC(=O)NC2CC2)c(=O)c2ccccc12. The van der Waals surface area contributed by atoms with Crippen molar-refractivity contribution in [3.63, 3.8) is 0 Å². The molecule has 1 aromatic carbocycles. The molecule has 0 spiro atoms. The summed E-state index contributed by atoms with van der Waals surface area (Å²) in [6, 6.07) is 7.62. The summed E-state index contributed by atoms with van der Waals surface area (Å²) in [7, 11) is 0. The molecule has 2 aromatic rings. The van der Waals surface area contributed by atoms with Gasteiger partial charge in [0.25, 0.3) is 5.56 Å². The average Bonchev–Trinajstić information content (AvgIpc) is 3.19. The van der Waals surface area contributed by atoms with Crippen molar-refractivity contribution < 1.29 is 4.79 Å². The molecule has 1 amide bonds. The summed E-state index contributed by atoms with van der Waals surface area (Å²) in [5.41, 5.74) is 0.543. The van der Waals surface area contributed by atoms with Gasteiger partial charge >= 0.3 is 0 Å². The van der Waals surface area contributed by atoms with Crippen molar-refractivity contribution in [3.05, 3.63) is 40.3 Å². The molecular formula is C14H15N3O2. The molecule has 5 heteroatoms. The minimum absolute atomic E-state index is 0.0129. The number of hydrogen-bond donors (Lipinski definition) is 1. The molecule has 1 fully saturated rings. The number of rotatable bonds is 3. The predicted octanol–water partition coefficient (Wildman–Crippen LogP) is 0.984. The van der Waals surface area contributed by atoms with Crippen molar-refractivity contribution in [3.8, 4) is 0 Å². The van der Waals surface area contributed by atoms with E-state index < -0.39 is 0 Å². The molecule has 0 unspecified atom stereocenters. The van der Waals surface area contributed by atoms with Crippen LogP contribution in [0.4, 0.5) is 0 Å². The number of amides is 1. The van der Waals surface area contributed by atoms with Crippen LogP contribution in [-0.2, 0) is 11.3 Å². The number of aromatic nitrogens is 2. The number of benzene rings is 1. The number of nitrogens with one attached hydrogen (secondary N) is 1. The van der Waals surface area contributed by atoms with Gasteiger partial charge in [-0.05, 0) is 25.8 Å². The lowest BCUT2D eigenvalue weighted by Crippen LogP contribution is -2.35. The Bertz CT molecular complexity index is 701. The molecule has 1 N–H and O–H groups in total. The fourth-order valence-electron chi connectivity index (χ4n) is 2.15. The van der Waals surface area contributed by atoms with Crippen LogP contribution in [0.5, 0.6) is 0 Å². The Labute approximate surface area is 110 Å². The lowest BCUT2D eigenvalue weighted by molar-refractivity contribution is -0.122. The maximum Gasteiger partial charge on any atom is 0.275 e. The zero-order valence-corrected chi connectivity index (χ0v) is 10.7. The standard InChI is InChI=1S/C14H15N3O2/c1-9-11-4-2-3-5-12(11)14(19)17(16-9)8-13(18)15-10-6-7-10/h2-5,10H,6-8H2,1H3,(H,15,18). The fraction of sp³-hybridized carbons (Fsp3) is 0.357. The highest BCUT2D eigenvalue weighted by Gasteiger charge is 2.23. The Morgan fingerprint density at radius 2 is 2.05 bits per heavy atom. The second kappa shape index (κ2) is 4.50. The highest BCUT2D eigenvalue weighted by Crippen LogP contribution is 2.18. The van der Waals surface area contributed by atoms with Crippen LogP contribution in [0.2, 0.25) is 0 Å². The molecule has 0 saturated heterocycles. The molecule has 98 valence electrons. The van der Waals surface area contributed by atoms with Crippen LogP contribution in [0, 0.1) is 6.92 Å². The summed E-state index contributed by atoms with van der Waals surface area (Å²) in [4.78, 5) is 24.0. The minimum atomic E-state index is -0.216. The quantitative estimate of drug-likeness (QED) is 0.891. The lowest BCUT2D eigenvalue weighted by atomic mass is 10.1. The van der Waals surface area contributed by atoms with Crippen LogP contribution in [0.15, 0.2) is 29.1 Å². The van der Waals surface area contributed by atoms with Crippen molar-refractivity contribution >= 4 is 16.7 Å². The van der Waals surface area contributed by atoms with Gasteiger partial charge in [-0.25, -0.2) is 4.68 Å². The predicted molar refractivity (Wildman–Crippen MR) is 71.9 cm³/mol. The van der Waals surface area contributed by atoms with Gasteiger partial charge in [-0.3, -0.25) is 9.59 Å². The molecule has 19 heavy (non-hydrogen) atoms. The third-order valence-electron chi connectivity index (χ3n) is 3.29. The van der Waals surface area contributed by atoms with E-state index in [1.165, 1.54) is 4.68 Å². The summed E-state index contributed by atoms with van der Waals surface area (Å²) < 4.78 is 1.25. The van der Waals surface area contributed by atoms with E-state index in [1.807, 2.05) is 25.1 Å². The monoisotopic (exact) mass is 257 g/mol. The van der Waals surface area contributed by atoms with Gasteiger partial charge in [0.15, 0.2) is 0 Å². The van der Waals surface area contributed by atoms with Crippen molar-refractivity contribution in [2.24, 2.45) is 0 Å². The van der Waals surface area contributed by atoms with E-state index in [1.54, 1.807) is 6.07 Å². The van der Waals surface area contributed by atoms with Crippen molar-refractivity contribution in [1.29, 1.82) is 0 Å². The molecule has 0 radical (unpaired) electrons. The summed E-state index contributed by atoms with van der Waals surface area (Å²) in [5.74, 6) is -0.146. The first-order valence-corrected chi connectivity index (χ1v) is 6.41. The van der Waals surface area contributed by atoms with E-state index in [0.29, 0.717) is 11.4 Å². The van der Waals surface area contributed by atoms with Crippen LogP contribution in [-0.4, -0.2) is 21.7 Å². The van der Waals surface area contributed by atoms with Crippen LogP contribution in [0.3, 0.4) is 0 Å². The Hall–Kier alpha value is -2.17. The van der Waals surface area contributed by atoms with Crippen molar-refractivity contribution in [1.82, 2.24) is 15.1 Å². The Morgan fingerprint density at radius 1 is 1.37 bits per heavy atom. The minimum Gasteiger partial charge on any atom is -0.352 e. The van der Waals surface area contributed by atoms with Crippen LogP contribution < -0.4 is 10.9 Å². The van der Waals surface area contributed by atoms with E-state index in [9.17, 15) is 9.59 Å². The van der Waals surface area contributed by atoms with Gasteiger partial charge in [0.1, 0.15) is 6.54 Å². The second-order valence-corrected chi connectivity index (χ2v) is 4.94. The normalized spacial score (nSPS) is 14.6. The van der Waals surface area contributed by atoms with Crippen LogP contribution in [0.25, 0.3) is 10.8 Å². The molecular weight excluding hydrogens is 242 g/mol. The largest absolute Gasteiger partial charge is 0.352 e. The van der Waals surface area contributed by atoms with Gasteiger partial charge in [0.05, 0.1) is 11.1 Å². The van der Waals surface area contributed by atoms with Gasteiger partial charge in [-0.15, -0.1) is 0 Å². The molecule has 1 aliphatic rings. The maximum atomic E-state index is 12.2. The number of aryl methyl sites for hydroxylation is 1. The Balaban J connectivity index is 1.97. The van der Waals surface area contributed by atoms with Crippen molar-refractivity contribution in [2.75, 3.05) is 0 Å². The Kier molecular flexibility index (Phi) is 2.81. The van der Waals surface area contributed by atoms with E-state index in [2.05, 4.69) is 10.4 Å². The number of nitrogens with zero attached hydrogens (tertiary/aromatic N) is 2. The van der Waals surface area contributed by atoms with E-state index in [4.69, 9.17) is 0 Å². The summed E-state index contributed by atoms with van der Waals surface area (Å²) in [5, 5.41) is 8.52. The summed E-state index contributed by atoms with van der Waals surface area (Å²) in [6.07, 6.45) is 2.07. The second-order valence-electron chi connectivity index (χ2n) is 4.94. The molecule has 5 nitrogen and oxygen atoms in total. The van der Waals surface area contributed by atoms with Crippen LogP contribution >= 0.6 is 0 Å². The molecule has 0 atom stereocenters. The lowest BCUT2D eigenvalue weighted by Gasteiger charge is -2.08. The zero-order valence-electron chi connectivity index (χ0n) is 10.7. The fourth-order valence-corrected chi connectivity index (χ4v) is 2.15. The molecule has 1 saturated carbocycles. The smallest absolute Gasteiger partial charge is 0.275 e. The third-order valence-corrected chi connectivity index (χ3v) is 3.29. The van der Waals surface area contributed by atoms with Gasteiger partial charge in [0.2, 0.25) is 5.91 Å².